The fourth-order valence-electron chi connectivity index (χ4n) is 2.77. The van der Waals surface area contributed by atoms with Crippen LogP contribution in [-0.4, -0.2) is 18.5 Å². The van der Waals surface area contributed by atoms with Crippen LogP contribution in [0.15, 0.2) is 66.7 Å². The van der Waals surface area contributed by atoms with E-state index < -0.39 is 41.7 Å². The number of carbonyl (C=O) groups is 2. The molecule has 0 spiro atoms. The molecule has 0 aliphatic rings. The van der Waals surface area contributed by atoms with Crippen LogP contribution < -0.4 is 10.1 Å². The van der Waals surface area contributed by atoms with Crippen molar-refractivity contribution < 1.29 is 36.6 Å². The van der Waals surface area contributed by atoms with Gasteiger partial charge < -0.3 is 14.8 Å². The van der Waals surface area contributed by atoms with E-state index in [9.17, 15) is 27.2 Å². The van der Waals surface area contributed by atoms with Gasteiger partial charge in [0.15, 0.2) is 6.61 Å². The van der Waals surface area contributed by atoms with E-state index in [0.29, 0.717) is 5.56 Å². The Morgan fingerprint density at radius 1 is 0.939 bits per heavy atom. The lowest BCUT2D eigenvalue weighted by Crippen LogP contribution is -2.23. The number of rotatable bonds is 7. The maximum absolute atomic E-state index is 13.1. The molecule has 1 amide bonds. The van der Waals surface area contributed by atoms with E-state index in [2.05, 4.69) is 0 Å². The van der Waals surface area contributed by atoms with Crippen LogP contribution in [0.1, 0.15) is 21.5 Å². The van der Waals surface area contributed by atoms with Crippen molar-refractivity contribution in [1.29, 1.82) is 0 Å². The standard InChI is InChI=1S/C23H16ClF4NO4/c24-18-6-3-5-17(23(26,27)28)21(18)29-20(30)13-33-22(31)16-4-1-2-7-19(16)32-12-14-8-10-15(25)11-9-14/h1-11H,12-13H2,(H,29,30). The minimum Gasteiger partial charge on any atom is -0.488 e. The molecule has 0 aliphatic heterocycles. The maximum Gasteiger partial charge on any atom is 0.418 e. The first kappa shape index (κ1) is 24.1. The fraction of sp³-hybridized carbons (Fsp3) is 0.130. The molecule has 1 N–H and O–H groups in total. The highest BCUT2D eigenvalue weighted by atomic mass is 35.5. The maximum atomic E-state index is 13.1. The van der Waals surface area contributed by atoms with Gasteiger partial charge in [0.1, 0.15) is 23.7 Å². The molecule has 0 aliphatic carbocycles. The zero-order valence-corrected chi connectivity index (χ0v) is 17.5. The van der Waals surface area contributed by atoms with Crippen molar-refractivity contribution in [3.05, 3.63) is 94.3 Å². The number of anilines is 1. The number of esters is 1. The first-order chi connectivity index (χ1) is 15.6. The van der Waals surface area contributed by atoms with Gasteiger partial charge in [0, 0.05) is 0 Å². The number of para-hydroxylation sites is 2. The third kappa shape index (κ3) is 6.45. The van der Waals surface area contributed by atoms with Gasteiger partial charge in [-0.2, -0.15) is 13.2 Å². The van der Waals surface area contributed by atoms with Crippen LogP contribution in [0.2, 0.25) is 5.02 Å². The van der Waals surface area contributed by atoms with Crippen LogP contribution in [0.4, 0.5) is 23.2 Å². The molecule has 3 rings (SSSR count). The molecule has 10 heteroatoms. The highest BCUT2D eigenvalue weighted by Gasteiger charge is 2.34. The lowest BCUT2D eigenvalue weighted by atomic mass is 10.1. The number of benzene rings is 3. The van der Waals surface area contributed by atoms with Crippen molar-refractivity contribution in [2.45, 2.75) is 12.8 Å². The van der Waals surface area contributed by atoms with Crippen LogP contribution >= 0.6 is 11.6 Å². The van der Waals surface area contributed by atoms with Crippen LogP contribution in [0, 0.1) is 5.82 Å². The van der Waals surface area contributed by atoms with Crippen molar-refractivity contribution in [3.63, 3.8) is 0 Å². The summed E-state index contributed by atoms with van der Waals surface area (Å²) < 4.78 is 63.0. The zero-order valence-electron chi connectivity index (χ0n) is 16.8. The molecule has 0 radical (unpaired) electrons. The second-order valence-corrected chi connectivity index (χ2v) is 7.10. The van der Waals surface area contributed by atoms with Crippen LogP contribution in [0.25, 0.3) is 0 Å². The zero-order chi connectivity index (χ0) is 24.0. The minimum atomic E-state index is -4.75. The molecule has 3 aromatic rings. The Hall–Kier alpha value is -3.59. The van der Waals surface area contributed by atoms with Gasteiger partial charge in [-0.05, 0) is 42.0 Å². The van der Waals surface area contributed by atoms with Crippen molar-refractivity contribution in [2.75, 3.05) is 11.9 Å². The van der Waals surface area contributed by atoms with Gasteiger partial charge in [0.05, 0.1) is 16.3 Å². The largest absolute Gasteiger partial charge is 0.488 e. The quantitative estimate of drug-likeness (QED) is 0.338. The summed E-state index contributed by atoms with van der Waals surface area (Å²) in [5.74, 6) is -2.18. The molecule has 0 unspecified atom stereocenters. The molecule has 0 saturated heterocycles. The Labute approximate surface area is 190 Å². The average molecular weight is 482 g/mol. The van der Waals surface area contributed by atoms with Crippen LogP contribution in [0.5, 0.6) is 5.75 Å². The summed E-state index contributed by atoms with van der Waals surface area (Å²) in [5.41, 5.74) is -1.11. The molecule has 33 heavy (non-hydrogen) atoms. The van der Waals surface area contributed by atoms with Crippen LogP contribution in [0.3, 0.4) is 0 Å². The van der Waals surface area contributed by atoms with E-state index in [1.54, 1.807) is 12.1 Å². The lowest BCUT2D eigenvalue weighted by Gasteiger charge is -2.15. The molecule has 0 heterocycles. The number of hydrogen-bond donors (Lipinski definition) is 1. The van der Waals surface area contributed by atoms with Crippen molar-refractivity contribution >= 4 is 29.2 Å². The van der Waals surface area contributed by atoms with E-state index in [0.717, 1.165) is 12.1 Å². The normalized spacial score (nSPS) is 11.1. The average Bonchev–Trinajstić information content (AvgIpc) is 2.78. The summed E-state index contributed by atoms with van der Waals surface area (Å²) in [4.78, 5) is 24.6. The summed E-state index contributed by atoms with van der Waals surface area (Å²) in [6.45, 7) is -0.814. The summed E-state index contributed by atoms with van der Waals surface area (Å²) in [5, 5.41) is 1.71. The number of nitrogens with one attached hydrogen (secondary N) is 1. The predicted octanol–water partition coefficient (Wildman–Crippen LogP) is 5.87. The molecule has 3 aromatic carbocycles. The highest BCUT2D eigenvalue weighted by Crippen LogP contribution is 2.38. The van der Waals surface area contributed by atoms with Crippen LogP contribution in [-0.2, 0) is 22.3 Å². The summed E-state index contributed by atoms with van der Waals surface area (Å²) in [6.07, 6.45) is -4.75. The Bertz CT molecular complexity index is 1150. The third-order valence-electron chi connectivity index (χ3n) is 4.33. The number of hydrogen-bond acceptors (Lipinski definition) is 4. The van der Waals surface area contributed by atoms with E-state index >= 15 is 0 Å². The molecule has 0 bridgehead atoms. The van der Waals surface area contributed by atoms with E-state index in [1.165, 1.54) is 42.5 Å². The van der Waals surface area contributed by atoms with Gasteiger partial charge in [-0.3, -0.25) is 4.79 Å². The number of halogens is 5. The third-order valence-corrected chi connectivity index (χ3v) is 4.65. The second kappa shape index (κ2) is 10.4. The van der Waals surface area contributed by atoms with Gasteiger partial charge in [0.25, 0.3) is 5.91 Å². The smallest absolute Gasteiger partial charge is 0.418 e. The SMILES string of the molecule is O=C(COC(=O)c1ccccc1OCc1ccc(F)cc1)Nc1c(Cl)cccc1C(F)(F)F. The van der Waals surface area contributed by atoms with E-state index in [1.807, 2.05) is 5.32 Å². The van der Waals surface area contributed by atoms with E-state index in [-0.39, 0.29) is 22.9 Å². The number of carbonyl (C=O) groups excluding carboxylic acids is 2. The first-order valence-electron chi connectivity index (χ1n) is 9.44. The summed E-state index contributed by atoms with van der Waals surface area (Å²) in [6, 6.07) is 14.7. The number of alkyl halides is 3. The second-order valence-electron chi connectivity index (χ2n) is 6.70. The molecular weight excluding hydrogens is 466 g/mol. The van der Waals surface area contributed by atoms with Crippen molar-refractivity contribution in [2.24, 2.45) is 0 Å². The lowest BCUT2D eigenvalue weighted by molar-refractivity contribution is -0.137. The van der Waals surface area contributed by atoms with Crippen molar-refractivity contribution in [1.82, 2.24) is 0 Å². The number of ether oxygens (including phenoxy) is 2. The molecular formula is C23H16ClF4NO4. The molecule has 172 valence electrons. The molecule has 5 nitrogen and oxygen atoms in total. The molecule has 0 atom stereocenters. The van der Waals surface area contributed by atoms with Gasteiger partial charge in [-0.25, -0.2) is 9.18 Å². The predicted molar refractivity (Wildman–Crippen MR) is 113 cm³/mol. The first-order valence-corrected chi connectivity index (χ1v) is 9.82. The van der Waals surface area contributed by atoms with Gasteiger partial charge >= 0.3 is 12.1 Å². The Balaban J connectivity index is 1.64. The molecule has 0 saturated carbocycles. The molecule has 0 aromatic heterocycles. The monoisotopic (exact) mass is 481 g/mol. The van der Waals surface area contributed by atoms with Gasteiger partial charge in [-0.15, -0.1) is 0 Å². The van der Waals surface area contributed by atoms with Gasteiger partial charge in [-0.1, -0.05) is 41.9 Å². The Morgan fingerprint density at radius 3 is 2.33 bits per heavy atom. The Kier molecular flexibility index (Phi) is 7.55. The summed E-state index contributed by atoms with van der Waals surface area (Å²) in [7, 11) is 0. The number of amides is 1. The topological polar surface area (TPSA) is 64.6 Å². The fourth-order valence-corrected chi connectivity index (χ4v) is 3.00. The minimum absolute atomic E-state index is 0.00105. The van der Waals surface area contributed by atoms with Crippen molar-refractivity contribution in [3.8, 4) is 5.75 Å². The molecule has 0 fully saturated rings. The Morgan fingerprint density at radius 2 is 1.64 bits per heavy atom. The van der Waals surface area contributed by atoms with Gasteiger partial charge in [0.2, 0.25) is 0 Å². The highest BCUT2D eigenvalue weighted by molar-refractivity contribution is 6.34. The van der Waals surface area contributed by atoms with E-state index in [4.69, 9.17) is 21.1 Å². The summed E-state index contributed by atoms with van der Waals surface area (Å²) >= 11 is 5.79.